The lowest BCUT2D eigenvalue weighted by molar-refractivity contribution is 0.0937. The number of nitrogens with zero attached hydrogens (tertiary/aromatic N) is 4. The van der Waals surface area contributed by atoms with Crippen LogP contribution in [0.4, 0.5) is 0 Å². The van der Waals surface area contributed by atoms with Crippen LogP contribution in [-0.4, -0.2) is 24.5 Å². The summed E-state index contributed by atoms with van der Waals surface area (Å²) in [7, 11) is 2.96. The van der Waals surface area contributed by atoms with Crippen LogP contribution < -0.4 is 11.2 Å². The van der Waals surface area contributed by atoms with E-state index >= 15 is 0 Å². The maximum absolute atomic E-state index is 12.7. The van der Waals surface area contributed by atoms with Gasteiger partial charge in [0.1, 0.15) is 0 Å². The first-order valence-corrected chi connectivity index (χ1v) is 7.56. The van der Waals surface area contributed by atoms with Gasteiger partial charge in [-0.15, -0.1) is 0 Å². The van der Waals surface area contributed by atoms with E-state index in [1.165, 1.54) is 22.5 Å². The van der Waals surface area contributed by atoms with Gasteiger partial charge in [0.2, 0.25) is 0 Å². The number of aromatic nitrogens is 4. The number of carbonyl (C=O) groups excluding carboxylic acids is 1. The Morgan fingerprint density at radius 1 is 1.08 bits per heavy atom. The van der Waals surface area contributed by atoms with Crippen molar-refractivity contribution in [1.82, 2.24) is 18.7 Å². The van der Waals surface area contributed by atoms with E-state index in [1.54, 1.807) is 26.1 Å². The first kappa shape index (κ1) is 15.9. The molecule has 0 aliphatic carbocycles. The van der Waals surface area contributed by atoms with Gasteiger partial charge in [0.25, 0.3) is 5.56 Å². The summed E-state index contributed by atoms with van der Waals surface area (Å²) in [4.78, 5) is 41.3. The van der Waals surface area contributed by atoms with E-state index in [0.29, 0.717) is 5.56 Å². The molecule has 2 heterocycles. The van der Waals surface area contributed by atoms with Crippen LogP contribution in [0.5, 0.6) is 0 Å². The highest BCUT2D eigenvalue weighted by molar-refractivity contribution is 5.99. The lowest BCUT2D eigenvalue weighted by Gasteiger charge is -2.14. The van der Waals surface area contributed by atoms with Gasteiger partial charge in [0, 0.05) is 19.7 Å². The molecule has 0 aliphatic rings. The molecule has 0 aliphatic heterocycles. The zero-order valence-electron chi connectivity index (χ0n) is 14.0. The van der Waals surface area contributed by atoms with Crippen molar-refractivity contribution in [2.24, 2.45) is 14.1 Å². The predicted octanol–water partition coefficient (Wildman–Crippen LogP) is 1.19. The smallest absolute Gasteiger partial charge is 0.314 e. The Kier molecular flexibility index (Phi) is 3.71. The van der Waals surface area contributed by atoms with Crippen LogP contribution in [0.25, 0.3) is 11.2 Å². The first-order valence-electron chi connectivity index (χ1n) is 7.56. The van der Waals surface area contributed by atoms with Crippen molar-refractivity contribution in [3.05, 3.63) is 62.6 Å². The molecule has 0 spiro atoms. The number of benzene rings is 1. The number of hydrogen-bond donors (Lipinski definition) is 0. The minimum atomic E-state index is -0.608. The quantitative estimate of drug-likeness (QED) is 0.677. The van der Waals surface area contributed by atoms with Gasteiger partial charge in [0.15, 0.2) is 16.9 Å². The summed E-state index contributed by atoms with van der Waals surface area (Å²) in [6.07, 6.45) is 1.43. The molecule has 0 N–H and O–H groups in total. The second-order valence-corrected chi connectivity index (χ2v) is 5.94. The number of ketones is 1. The van der Waals surface area contributed by atoms with Crippen molar-refractivity contribution in [3.63, 3.8) is 0 Å². The zero-order chi connectivity index (χ0) is 17.6. The molecule has 7 heteroatoms. The molecule has 0 saturated carbocycles. The third-order valence-electron chi connectivity index (χ3n) is 4.31. The highest BCUT2D eigenvalue weighted by atomic mass is 16.2. The van der Waals surface area contributed by atoms with E-state index in [2.05, 4.69) is 4.98 Å². The first-order chi connectivity index (χ1) is 11.3. The molecule has 1 unspecified atom stereocenters. The summed E-state index contributed by atoms with van der Waals surface area (Å²) in [5.74, 6) is -0.120. The highest BCUT2D eigenvalue weighted by Crippen LogP contribution is 2.18. The van der Waals surface area contributed by atoms with E-state index in [9.17, 15) is 14.4 Å². The fourth-order valence-corrected chi connectivity index (χ4v) is 2.74. The molecule has 0 amide bonds. The number of hydrogen-bond acceptors (Lipinski definition) is 4. The van der Waals surface area contributed by atoms with Gasteiger partial charge < -0.3 is 4.57 Å². The monoisotopic (exact) mass is 326 g/mol. The Labute approximate surface area is 137 Å². The van der Waals surface area contributed by atoms with Gasteiger partial charge in [-0.2, -0.15) is 0 Å². The maximum Gasteiger partial charge on any atom is 0.332 e. The van der Waals surface area contributed by atoms with Crippen molar-refractivity contribution >= 4 is 16.9 Å². The van der Waals surface area contributed by atoms with E-state index in [0.717, 1.165) is 10.1 Å². The molecule has 3 rings (SSSR count). The van der Waals surface area contributed by atoms with Crippen LogP contribution in [0.2, 0.25) is 0 Å². The van der Waals surface area contributed by atoms with Crippen molar-refractivity contribution in [3.8, 4) is 0 Å². The molecule has 24 heavy (non-hydrogen) atoms. The van der Waals surface area contributed by atoms with Gasteiger partial charge in [-0.1, -0.05) is 29.8 Å². The molecule has 3 aromatic rings. The molecular weight excluding hydrogens is 308 g/mol. The van der Waals surface area contributed by atoms with Crippen LogP contribution in [0.15, 0.2) is 40.2 Å². The van der Waals surface area contributed by atoms with Crippen LogP contribution >= 0.6 is 0 Å². The summed E-state index contributed by atoms with van der Waals surface area (Å²) in [6.45, 7) is 3.67. The van der Waals surface area contributed by atoms with Crippen LogP contribution in [0, 0.1) is 6.92 Å². The molecule has 0 saturated heterocycles. The Balaban J connectivity index is 2.16. The van der Waals surface area contributed by atoms with Gasteiger partial charge in [-0.05, 0) is 13.8 Å². The molecule has 0 fully saturated rings. The average molecular weight is 326 g/mol. The minimum Gasteiger partial charge on any atom is -0.314 e. The molecule has 0 radical (unpaired) electrons. The van der Waals surface area contributed by atoms with E-state index in [1.807, 2.05) is 19.1 Å². The Morgan fingerprint density at radius 2 is 1.71 bits per heavy atom. The van der Waals surface area contributed by atoms with Crippen molar-refractivity contribution < 1.29 is 4.79 Å². The molecule has 7 nitrogen and oxygen atoms in total. The third-order valence-corrected chi connectivity index (χ3v) is 4.31. The molecule has 1 atom stereocenters. The number of carbonyl (C=O) groups is 1. The van der Waals surface area contributed by atoms with Crippen molar-refractivity contribution in [2.75, 3.05) is 0 Å². The summed E-state index contributed by atoms with van der Waals surface area (Å²) in [6, 6.07) is 6.66. The Hall–Kier alpha value is -2.96. The van der Waals surface area contributed by atoms with Crippen molar-refractivity contribution in [1.29, 1.82) is 0 Å². The molecule has 1 aromatic carbocycles. The average Bonchev–Trinajstić information content (AvgIpc) is 3.02. The fourth-order valence-electron chi connectivity index (χ4n) is 2.74. The fraction of sp³-hybridized carbons (Fsp3) is 0.294. The maximum atomic E-state index is 12.7. The van der Waals surface area contributed by atoms with E-state index in [4.69, 9.17) is 0 Å². The lowest BCUT2D eigenvalue weighted by atomic mass is 10.0. The number of rotatable bonds is 3. The van der Waals surface area contributed by atoms with E-state index in [-0.39, 0.29) is 16.9 Å². The predicted molar refractivity (Wildman–Crippen MR) is 90.4 cm³/mol. The number of fused-ring (bicyclic) bond motifs is 1. The van der Waals surface area contributed by atoms with Gasteiger partial charge in [-0.25, -0.2) is 9.78 Å². The topological polar surface area (TPSA) is 78.9 Å². The minimum absolute atomic E-state index is 0.120. The standard InChI is InChI=1S/C17H18N4O3/c1-10-5-7-12(8-6-10)14(22)11(2)21-9-18-15-13(21)16(23)20(4)17(24)19(15)3/h5-9,11H,1-4H3. The Morgan fingerprint density at radius 3 is 2.33 bits per heavy atom. The summed E-state index contributed by atoms with van der Waals surface area (Å²) in [5.41, 5.74) is 1.23. The number of imidazole rings is 1. The van der Waals surface area contributed by atoms with Gasteiger partial charge in [0.05, 0.1) is 12.4 Å². The van der Waals surface area contributed by atoms with Crippen LogP contribution in [0.3, 0.4) is 0 Å². The largest absolute Gasteiger partial charge is 0.332 e. The number of Topliss-reactive ketones (excluding diaryl/α,β-unsaturated/α-hetero) is 1. The molecular formula is C17H18N4O3. The SMILES string of the molecule is Cc1ccc(C(=O)C(C)n2cnc3c2c(=O)n(C)c(=O)n3C)cc1. The molecule has 2 aromatic heterocycles. The van der Waals surface area contributed by atoms with Gasteiger partial charge in [-0.3, -0.25) is 18.7 Å². The van der Waals surface area contributed by atoms with Gasteiger partial charge >= 0.3 is 5.69 Å². The molecule has 124 valence electrons. The second kappa shape index (κ2) is 5.59. The summed E-state index contributed by atoms with van der Waals surface area (Å²) in [5, 5.41) is 0. The summed E-state index contributed by atoms with van der Waals surface area (Å²) >= 11 is 0. The normalized spacial score (nSPS) is 12.5. The second-order valence-electron chi connectivity index (χ2n) is 5.94. The third kappa shape index (κ3) is 2.29. The van der Waals surface area contributed by atoms with Crippen molar-refractivity contribution in [2.45, 2.75) is 19.9 Å². The highest BCUT2D eigenvalue weighted by Gasteiger charge is 2.22. The lowest BCUT2D eigenvalue weighted by Crippen LogP contribution is -2.38. The van der Waals surface area contributed by atoms with Crippen LogP contribution in [-0.2, 0) is 14.1 Å². The van der Waals surface area contributed by atoms with E-state index < -0.39 is 17.3 Å². The molecule has 0 bridgehead atoms. The zero-order valence-corrected chi connectivity index (χ0v) is 14.0. The Bertz CT molecular complexity index is 1050. The number of aryl methyl sites for hydroxylation is 2. The van der Waals surface area contributed by atoms with Crippen LogP contribution in [0.1, 0.15) is 28.9 Å². The summed E-state index contributed by atoms with van der Waals surface area (Å²) < 4.78 is 3.85.